The number of amides is 1. The third kappa shape index (κ3) is 4.63. The Morgan fingerprint density at radius 3 is 2.33 bits per heavy atom. The van der Waals surface area contributed by atoms with Crippen LogP contribution in [0.25, 0.3) is 10.9 Å². The van der Waals surface area contributed by atoms with E-state index in [1.807, 2.05) is 0 Å². The van der Waals surface area contributed by atoms with Gasteiger partial charge in [-0.3, -0.25) is 9.59 Å². The minimum atomic E-state index is -4.33. The highest BCUT2D eigenvalue weighted by Crippen LogP contribution is 2.31. The summed E-state index contributed by atoms with van der Waals surface area (Å²) in [4.78, 5) is 26.1. The van der Waals surface area contributed by atoms with Crippen LogP contribution >= 0.6 is 0 Å². The van der Waals surface area contributed by atoms with E-state index >= 15 is 0 Å². The summed E-state index contributed by atoms with van der Waals surface area (Å²) < 4.78 is 42.6. The molecular formula is C23H21FN4O4S. The number of carbonyl (C=O) groups excluding carboxylic acids is 2. The molecule has 10 heteroatoms. The predicted molar refractivity (Wildman–Crippen MR) is 122 cm³/mol. The van der Waals surface area contributed by atoms with Crippen LogP contribution in [0, 0.1) is 24.1 Å². The van der Waals surface area contributed by atoms with Gasteiger partial charge in [-0.25, -0.2) is 16.8 Å². The van der Waals surface area contributed by atoms with Crippen molar-refractivity contribution >= 4 is 38.3 Å². The standard InChI is InChI=1S/C23H21FN4O4S/c1-14-5-7-18(8-6-14)33(31,32)28-21-11-20(26-15(2)29)19(24)9-16(21)10-22(28)23(30)17(12-25)13-27(3)4/h5-11,13H,1-4H3,(H,26,29)/b17-13+. The zero-order valence-electron chi connectivity index (χ0n) is 18.4. The van der Waals surface area contributed by atoms with Crippen molar-refractivity contribution in [1.82, 2.24) is 8.87 Å². The molecule has 0 atom stereocenters. The van der Waals surface area contributed by atoms with Crippen molar-refractivity contribution in [1.29, 1.82) is 5.26 Å². The van der Waals surface area contributed by atoms with Crippen LogP contribution in [-0.2, 0) is 14.8 Å². The second-order valence-corrected chi connectivity index (χ2v) is 9.42. The van der Waals surface area contributed by atoms with E-state index in [4.69, 9.17) is 0 Å². The summed E-state index contributed by atoms with van der Waals surface area (Å²) in [6, 6.07) is 11.2. The summed E-state index contributed by atoms with van der Waals surface area (Å²) in [6.45, 7) is 2.98. The summed E-state index contributed by atoms with van der Waals surface area (Å²) in [5.74, 6) is -2.20. The molecule has 2 aromatic carbocycles. The molecule has 0 fully saturated rings. The molecule has 3 aromatic rings. The summed E-state index contributed by atoms with van der Waals surface area (Å²) in [5.41, 5.74) is -0.0633. The van der Waals surface area contributed by atoms with Gasteiger partial charge < -0.3 is 10.2 Å². The van der Waals surface area contributed by atoms with Crippen LogP contribution in [0.5, 0.6) is 0 Å². The maximum absolute atomic E-state index is 14.6. The van der Waals surface area contributed by atoms with E-state index in [-0.39, 0.29) is 32.8 Å². The molecule has 0 radical (unpaired) electrons. The zero-order chi connectivity index (χ0) is 24.5. The van der Waals surface area contributed by atoms with Gasteiger partial charge in [0.05, 0.1) is 16.1 Å². The van der Waals surface area contributed by atoms with E-state index in [2.05, 4.69) is 5.32 Å². The first-order valence-corrected chi connectivity index (χ1v) is 11.2. The molecule has 0 bridgehead atoms. The number of rotatable bonds is 6. The summed E-state index contributed by atoms with van der Waals surface area (Å²) in [7, 11) is -1.11. The van der Waals surface area contributed by atoms with Crippen molar-refractivity contribution in [3.8, 4) is 6.07 Å². The number of Topliss-reactive ketones (excluding diaryl/α,β-unsaturated/α-hetero) is 1. The van der Waals surface area contributed by atoms with Crippen LogP contribution in [-0.4, -0.2) is 43.1 Å². The van der Waals surface area contributed by atoms with Crippen LogP contribution in [0.4, 0.5) is 10.1 Å². The number of ketones is 1. The highest BCUT2D eigenvalue weighted by molar-refractivity contribution is 7.90. The van der Waals surface area contributed by atoms with Crippen molar-refractivity contribution in [2.75, 3.05) is 19.4 Å². The normalized spacial score (nSPS) is 11.8. The summed E-state index contributed by atoms with van der Waals surface area (Å²) >= 11 is 0. The second-order valence-electron chi connectivity index (χ2n) is 7.63. The van der Waals surface area contributed by atoms with Crippen molar-refractivity contribution in [3.05, 3.63) is 71.3 Å². The Hall–Kier alpha value is -3.97. The third-order valence-corrected chi connectivity index (χ3v) is 6.44. The molecule has 0 saturated carbocycles. The molecule has 8 nitrogen and oxygen atoms in total. The molecule has 0 spiro atoms. The number of carbonyl (C=O) groups is 2. The molecule has 0 aliphatic heterocycles. The van der Waals surface area contributed by atoms with Gasteiger partial charge in [0.1, 0.15) is 23.2 Å². The average Bonchev–Trinajstić information content (AvgIpc) is 3.10. The number of nitrogens with zero attached hydrogens (tertiary/aromatic N) is 3. The third-order valence-electron chi connectivity index (χ3n) is 4.70. The Labute approximate surface area is 190 Å². The highest BCUT2D eigenvalue weighted by atomic mass is 32.2. The molecule has 3 rings (SSSR count). The Morgan fingerprint density at radius 2 is 1.79 bits per heavy atom. The van der Waals surface area contributed by atoms with Gasteiger partial charge in [0.2, 0.25) is 11.7 Å². The minimum Gasteiger partial charge on any atom is -0.382 e. The highest BCUT2D eigenvalue weighted by Gasteiger charge is 2.29. The van der Waals surface area contributed by atoms with Crippen LogP contribution in [0.3, 0.4) is 0 Å². The van der Waals surface area contributed by atoms with E-state index in [0.29, 0.717) is 0 Å². The van der Waals surface area contributed by atoms with Crippen LogP contribution in [0.1, 0.15) is 23.0 Å². The van der Waals surface area contributed by atoms with Gasteiger partial charge in [-0.1, -0.05) is 17.7 Å². The van der Waals surface area contributed by atoms with Crippen molar-refractivity contribution in [2.45, 2.75) is 18.7 Å². The number of halogens is 1. The molecule has 1 heterocycles. The van der Waals surface area contributed by atoms with Gasteiger partial charge in [-0.05, 0) is 37.3 Å². The van der Waals surface area contributed by atoms with E-state index in [1.54, 1.807) is 39.2 Å². The van der Waals surface area contributed by atoms with Crippen molar-refractivity contribution in [2.24, 2.45) is 0 Å². The number of aromatic nitrogens is 1. The lowest BCUT2D eigenvalue weighted by Crippen LogP contribution is -2.20. The van der Waals surface area contributed by atoms with Gasteiger partial charge >= 0.3 is 0 Å². The Balaban J connectivity index is 2.39. The lowest BCUT2D eigenvalue weighted by atomic mass is 10.1. The fourth-order valence-corrected chi connectivity index (χ4v) is 4.76. The lowest BCUT2D eigenvalue weighted by Gasteiger charge is -2.13. The Kier molecular flexibility index (Phi) is 6.37. The quantitative estimate of drug-likeness (QED) is 0.337. The number of nitrogens with one attached hydrogen (secondary N) is 1. The number of nitriles is 1. The van der Waals surface area contributed by atoms with Gasteiger partial charge in [-0.15, -0.1) is 0 Å². The number of benzene rings is 2. The Bertz CT molecular complexity index is 1450. The number of allylic oxidation sites excluding steroid dienone is 1. The van der Waals surface area contributed by atoms with E-state index in [9.17, 15) is 27.7 Å². The molecule has 0 unspecified atom stereocenters. The summed E-state index contributed by atoms with van der Waals surface area (Å²) in [5, 5.41) is 11.9. The maximum Gasteiger partial charge on any atom is 0.268 e. The molecule has 1 amide bonds. The number of hydrogen-bond acceptors (Lipinski definition) is 6. The minimum absolute atomic E-state index is 0.0220. The van der Waals surface area contributed by atoms with Crippen LogP contribution in [0.15, 0.2) is 59.1 Å². The van der Waals surface area contributed by atoms with Gasteiger partial charge in [0.15, 0.2) is 0 Å². The summed E-state index contributed by atoms with van der Waals surface area (Å²) in [6.07, 6.45) is 1.27. The van der Waals surface area contributed by atoms with Gasteiger partial charge in [0.25, 0.3) is 10.0 Å². The SMILES string of the molecule is CC(=O)Nc1cc2c(cc1F)cc(C(=O)/C(C#N)=C/N(C)C)n2S(=O)(=O)c1ccc(C)cc1. The van der Waals surface area contributed by atoms with Gasteiger partial charge in [-0.2, -0.15) is 5.26 Å². The zero-order valence-corrected chi connectivity index (χ0v) is 19.2. The molecular weight excluding hydrogens is 447 g/mol. The van der Waals surface area contributed by atoms with E-state index in [0.717, 1.165) is 21.7 Å². The fraction of sp³-hybridized carbons (Fsp3) is 0.174. The number of hydrogen-bond donors (Lipinski definition) is 1. The first kappa shape index (κ1) is 23.7. The Morgan fingerprint density at radius 1 is 1.15 bits per heavy atom. The van der Waals surface area contributed by atoms with Crippen molar-refractivity contribution in [3.63, 3.8) is 0 Å². The second kappa shape index (κ2) is 8.88. The molecule has 0 aliphatic carbocycles. The number of aryl methyl sites for hydroxylation is 1. The van der Waals surface area contributed by atoms with E-state index in [1.165, 1.54) is 36.2 Å². The molecule has 0 aliphatic rings. The molecule has 1 aromatic heterocycles. The molecule has 170 valence electrons. The molecule has 0 saturated heterocycles. The van der Waals surface area contributed by atoms with Crippen LogP contribution in [0.2, 0.25) is 0 Å². The number of fused-ring (bicyclic) bond motifs is 1. The van der Waals surface area contributed by atoms with E-state index < -0.39 is 27.5 Å². The maximum atomic E-state index is 14.6. The van der Waals surface area contributed by atoms with Crippen molar-refractivity contribution < 1.29 is 22.4 Å². The van der Waals surface area contributed by atoms with Gasteiger partial charge in [0, 0.05) is 32.6 Å². The molecule has 1 N–H and O–H groups in total. The fourth-order valence-electron chi connectivity index (χ4n) is 3.26. The smallest absolute Gasteiger partial charge is 0.268 e. The average molecular weight is 469 g/mol. The molecule has 33 heavy (non-hydrogen) atoms. The van der Waals surface area contributed by atoms with Crippen LogP contribution < -0.4 is 5.32 Å². The monoisotopic (exact) mass is 468 g/mol. The number of anilines is 1. The first-order valence-electron chi connectivity index (χ1n) is 9.73. The topological polar surface area (TPSA) is 112 Å². The lowest BCUT2D eigenvalue weighted by molar-refractivity contribution is -0.114. The first-order chi connectivity index (χ1) is 15.4. The predicted octanol–water partition coefficient (Wildman–Crippen LogP) is 3.44. The largest absolute Gasteiger partial charge is 0.382 e.